The molecule has 3 heterocycles. The van der Waals surface area contributed by atoms with E-state index in [1.165, 1.54) is 12.4 Å². The number of nitrogens with one attached hydrogen (secondary N) is 1. The van der Waals surface area contributed by atoms with E-state index in [0.717, 1.165) is 74.5 Å². The Morgan fingerprint density at radius 3 is 2.48 bits per heavy atom. The van der Waals surface area contributed by atoms with E-state index in [1.54, 1.807) is 12.4 Å². The summed E-state index contributed by atoms with van der Waals surface area (Å²) in [4.78, 5) is 19.3. The number of rotatable bonds is 5. The van der Waals surface area contributed by atoms with Gasteiger partial charge in [0.15, 0.2) is 5.82 Å². The molecular weight excluding hydrogens is 399 g/mol. The first-order chi connectivity index (χ1) is 15.2. The molecule has 162 valence electrons. The molecule has 1 N–H and O–H groups in total. The number of hydrogen-bond donors (Lipinski definition) is 1. The molecule has 0 atom stereocenters. The Morgan fingerprint density at radius 2 is 1.71 bits per heavy atom. The number of nitrogens with zero attached hydrogens (tertiary/aromatic N) is 5. The lowest BCUT2D eigenvalue weighted by molar-refractivity contribution is 0.122. The predicted molar refractivity (Wildman–Crippen MR) is 115 cm³/mol. The van der Waals surface area contributed by atoms with E-state index in [4.69, 9.17) is 9.47 Å². The summed E-state index contributed by atoms with van der Waals surface area (Å²) in [5.41, 5.74) is 2.72. The monoisotopic (exact) mass is 424 g/mol. The molecule has 2 fully saturated rings. The molecule has 5 rings (SSSR count). The lowest BCUT2D eigenvalue weighted by Gasteiger charge is -2.31. The third-order valence-corrected chi connectivity index (χ3v) is 5.82. The molecule has 0 spiro atoms. The smallest absolute Gasteiger partial charge is 0.222 e. The average Bonchev–Trinajstić information content (AvgIpc) is 2.82. The van der Waals surface area contributed by atoms with Gasteiger partial charge in [0.2, 0.25) is 5.95 Å². The highest BCUT2D eigenvalue weighted by atomic mass is 19.1. The Hall–Kier alpha value is -3.07. The van der Waals surface area contributed by atoms with E-state index >= 15 is 0 Å². The molecule has 0 radical (unpaired) electrons. The van der Waals surface area contributed by atoms with Crippen LogP contribution in [0.2, 0.25) is 0 Å². The normalized spacial score (nSPS) is 21.8. The van der Waals surface area contributed by atoms with Crippen LogP contribution < -0.4 is 15.0 Å². The number of benzene rings is 1. The van der Waals surface area contributed by atoms with Crippen LogP contribution in [0.15, 0.2) is 36.9 Å². The van der Waals surface area contributed by atoms with Gasteiger partial charge in [-0.2, -0.15) is 0 Å². The van der Waals surface area contributed by atoms with Gasteiger partial charge in [0, 0.05) is 43.3 Å². The highest BCUT2D eigenvalue weighted by Crippen LogP contribution is 2.33. The molecule has 2 aromatic heterocycles. The van der Waals surface area contributed by atoms with Crippen LogP contribution in [0.3, 0.4) is 0 Å². The van der Waals surface area contributed by atoms with Crippen molar-refractivity contribution in [2.75, 3.05) is 36.5 Å². The zero-order chi connectivity index (χ0) is 21.0. The quantitative estimate of drug-likeness (QED) is 0.668. The minimum absolute atomic E-state index is 0.109. The minimum Gasteiger partial charge on any atom is -0.488 e. The van der Waals surface area contributed by atoms with Crippen LogP contribution >= 0.6 is 0 Å². The fourth-order valence-electron chi connectivity index (χ4n) is 4.20. The van der Waals surface area contributed by atoms with Crippen molar-refractivity contribution >= 4 is 22.7 Å². The zero-order valence-corrected chi connectivity index (χ0v) is 17.2. The first-order valence-corrected chi connectivity index (χ1v) is 10.7. The van der Waals surface area contributed by atoms with Gasteiger partial charge in [-0.05, 0) is 31.7 Å². The van der Waals surface area contributed by atoms with Crippen molar-refractivity contribution in [2.45, 2.75) is 37.8 Å². The van der Waals surface area contributed by atoms with Gasteiger partial charge in [0.25, 0.3) is 0 Å². The van der Waals surface area contributed by atoms with E-state index in [2.05, 4.69) is 42.3 Å². The standard InChI is InChI=1S/C22H25FN6O2/c23-15-13-26-22(27-14-15)28-16-1-3-18(4-2-16)31-20-12-17(29-7-9-30-10-8-29)11-19-21(20)25-6-5-24-19/h5-6,11-14,16,18H,1-4,7-10H2,(H,26,27,28). The lowest BCUT2D eigenvalue weighted by atomic mass is 9.93. The third-order valence-electron chi connectivity index (χ3n) is 5.82. The maximum absolute atomic E-state index is 13.0. The van der Waals surface area contributed by atoms with Gasteiger partial charge in [-0.25, -0.2) is 19.3 Å². The van der Waals surface area contributed by atoms with Gasteiger partial charge in [-0.3, -0.25) is 4.98 Å². The van der Waals surface area contributed by atoms with Crippen molar-refractivity contribution in [1.29, 1.82) is 0 Å². The fourth-order valence-corrected chi connectivity index (χ4v) is 4.20. The Bertz CT molecular complexity index is 1020. The fraction of sp³-hybridized carbons (Fsp3) is 0.455. The molecule has 9 heteroatoms. The molecule has 1 saturated carbocycles. The Kier molecular flexibility index (Phi) is 5.75. The Morgan fingerprint density at radius 1 is 0.968 bits per heavy atom. The van der Waals surface area contributed by atoms with Crippen LogP contribution in [0.1, 0.15) is 25.7 Å². The molecule has 0 bridgehead atoms. The molecule has 8 nitrogen and oxygen atoms in total. The molecule has 1 aliphatic heterocycles. The molecule has 2 aliphatic rings. The Labute approximate surface area is 179 Å². The summed E-state index contributed by atoms with van der Waals surface area (Å²) in [5.74, 6) is 0.813. The molecule has 3 aromatic rings. The van der Waals surface area contributed by atoms with Crippen LogP contribution in [-0.4, -0.2) is 58.4 Å². The van der Waals surface area contributed by atoms with E-state index < -0.39 is 5.82 Å². The maximum Gasteiger partial charge on any atom is 0.222 e. The molecule has 1 saturated heterocycles. The summed E-state index contributed by atoms with van der Waals surface area (Å²) in [6, 6.07) is 4.41. The lowest BCUT2D eigenvalue weighted by Crippen LogP contribution is -2.36. The number of anilines is 2. The van der Waals surface area contributed by atoms with Gasteiger partial charge in [-0.1, -0.05) is 0 Å². The molecule has 31 heavy (non-hydrogen) atoms. The summed E-state index contributed by atoms with van der Waals surface area (Å²) in [5, 5.41) is 3.29. The van der Waals surface area contributed by atoms with Crippen LogP contribution in [0.4, 0.5) is 16.0 Å². The molecule has 1 aromatic carbocycles. The van der Waals surface area contributed by atoms with Crippen molar-refractivity contribution in [3.05, 3.63) is 42.7 Å². The third kappa shape index (κ3) is 4.66. The number of ether oxygens (including phenoxy) is 2. The van der Waals surface area contributed by atoms with Gasteiger partial charge < -0.3 is 19.7 Å². The van der Waals surface area contributed by atoms with Crippen LogP contribution in [-0.2, 0) is 4.74 Å². The van der Waals surface area contributed by atoms with Gasteiger partial charge in [-0.15, -0.1) is 0 Å². The number of morpholine rings is 1. The number of hydrogen-bond acceptors (Lipinski definition) is 8. The predicted octanol–water partition coefficient (Wildman–Crippen LogP) is 3.20. The first kappa shape index (κ1) is 19.9. The summed E-state index contributed by atoms with van der Waals surface area (Å²) >= 11 is 0. The molecule has 1 aliphatic carbocycles. The van der Waals surface area contributed by atoms with E-state index in [9.17, 15) is 4.39 Å². The highest BCUT2D eigenvalue weighted by molar-refractivity contribution is 5.85. The first-order valence-electron chi connectivity index (χ1n) is 10.7. The zero-order valence-electron chi connectivity index (χ0n) is 17.2. The number of halogens is 1. The molecule has 0 unspecified atom stereocenters. The summed E-state index contributed by atoms with van der Waals surface area (Å²) in [6.07, 6.45) is 9.55. The average molecular weight is 424 g/mol. The number of fused-ring (bicyclic) bond motifs is 1. The second-order valence-electron chi connectivity index (χ2n) is 7.93. The molecule has 0 amide bonds. The van der Waals surface area contributed by atoms with Crippen LogP contribution in [0.5, 0.6) is 5.75 Å². The largest absolute Gasteiger partial charge is 0.488 e. The van der Waals surface area contributed by atoms with Crippen LogP contribution in [0.25, 0.3) is 11.0 Å². The van der Waals surface area contributed by atoms with Crippen molar-refractivity contribution in [3.63, 3.8) is 0 Å². The summed E-state index contributed by atoms with van der Waals surface area (Å²) < 4.78 is 24.9. The topological polar surface area (TPSA) is 85.3 Å². The maximum atomic E-state index is 13.0. The van der Waals surface area contributed by atoms with Crippen molar-refractivity contribution < 1.29 is 13.9 Å². The summed E-state index contributed by atoms with van der Waals surface area (Å²) in [6.45, 7) is 3.16. The van der Waals surface area contributed by atoms with E-state index in [1.807, 2.05) is 0 Å². The van der Waals surface area contributed by atoms with Crippen LogP contribution in [0, 0.1) is 5.82 Å². The van der Waals surface area contributed by atoms with E-state index in [-0.39, 0.29) is 12.1 Å². The SMILES string of the molecule is Fc1cnc(NC2CCC(Oc3cc(N4CCOCC4)cc4nccnc34)CC2)nc1. The van der Waals surface area contributed by atoms with E-state index in [0.29, 0.717) is 5.95 Å². The van der Waals surface area contributed by atoms with Crippen molar-refractivity contribution in [1.82, 2.24) is 19.9 Å². The summed E-state index contributed by atoms with van der Waals surface area (Å²) in [7, 11) is 0. The number of aromatic nitrogens is 4. The van der Waals surface area contributed by atoms with Crippen molar-refractivity contribution in [2.24, 2.45) is 0 Å². The Balaban J connectivity index is 1.27. The highest BCUT2D eigenvalue weighted by Gasteiger charge is 2.24. The van der Waals surface area contributed by atoms with Gasteiger partial charge >= 0.3 is 0 Å². The van der Waals surface area contributed by atoms with Gasteiger partial charge in [0.1, 0.15) is 11.3 Å². The van der Waals surface area contributed by atoms with Gasteiger partial charge in [0.05, 0.1) is 37.2 Å². The molecular formula is C22H25FN6O2. The second-order valence-corrected chi connectivity index (χ2v) is 7.93. The van der Waals surface area contributed by atoms with Crippen molar-refractivity contribution in [3.8, 4) is 5.75 Å². The minimum atomic E-state index is -0.433. The second kappa shape index (κ2) is 8.97.